The molecule has 2 aliphatic carbocycles. The van der Waals surface area contributed by atoms with Gasteiger partial charge in [0.15, 0.2) is 11.6 Å². The number of Topliss-reactive ketones (excluding diaryl/α,β-unsaturated/α-hetero) is 2. The van der Waals surface area contributed by atoms with Gasteiger partial charge in [0.25, 0.3) is 0 Å². The van der Waals surface area contributed by atoms with Crippen LogP contribution in [-0.2, 0) is 4.74 Å². The second-order valence-electron chi connectivity index (χ2n) is 6.74. The first-order chi connectivity index (χ1) is 12.0. The smallest absolute Gasteiger partial charge is 0.173 e. The second kappa shape index (κ2) is 5.46. The van der Waals surface area contributed by atoms with Crippen molar-refractivity contribution in [1.82, 2.24) is 0 Å². The SMILES string of the molecule is COC1CCCC2C(=O)c3c(c(O)c4ccc(O)cc4c3O)C(=O)C12. The Hall–Kier alpha value is -2.60. The fourth-order valence-corrected chi connectivity index (χ4v) is 4.34. The highest BCUT2D eigenvalue weighted by atomic mass is 16.5. The van der Waals surface area contributed by atoms with E-state index >= 15 is 0 Å². The van der Waals surface area contributed by atoms with Crippen LogP contribution in [0.25, 0.3) is 10.8 Å². The van der Waals surface area contributed by atoms with Gasteiger partial charge in [0, 0.05) is 23.8 Å². The van der Waals surface area contributed by atoms with Crippen molar-refractivity contribution in [2.75, 3.05) is 7.11 Å². The summed E-state index contributed by atoms with van der Waals surface area (Å²) in [6, 6.07) is 4.04. The topological polar surface area (TPSA) is 104 Å². The zero-order chi connectivity index (χ0) is 17.9. The summed E-state index contributed by atoms with van der Waals surface area (Å²) in [5.74, 6) is -2.72. The molecule has 2 aromatic rings. The average Bonchev–Trinajstić information content (AvgIpc) is 2.61. The molecule has 130 valence electrons. The molecule has 4 rings (SSSR count). The number of aromatic hydroxyl groups is 3. The Labute approximate surface area is 143 Å². The van der Waals surface area contributed by atoms with Crippen molar-refractivity contribution in [3.8, 4) is 17.2 Å². The van der Waals surface area contributed by atoms with Gasteiger partial charge in [-0.3, -0.25) is 9.59 Å². The summed E-state index contributed by atoms with van der Waals surface area (Å²) >= 11 is 0. The van der Waals surface area contributed by atoms with Crippen LogP contribution in [-0.4, -0.2) is 40.1 Å². The standard InChI is InChI=1S/C19H18O6/c1-25-12-4-2-3-10-13(12)19(24)15-14(17(10)22)18(23)11-7-8(20)5-6-9(11)16(15)21/h5-7,10,12-13,20-21,23H,2-4H2,1H3. The molecule has 0 saturated heterocycles. The van der Waals surface area contributed by atoms with Crippen LogP contribution < -0.4 is 0 Å². The van der Waals surface area contributed by atoms with E-state index < -0.39 is 11.8 Å². The van der Waals surface area contributed by atoms with Crippen LogP contribution in [0.3, 0.4) is 0 Å². The second-order valence-corrected chi connectivity index (χ2v) is 6.74. The van der Waals surface area contributed by atoms with Crippen molar-refractivity contribution in [2.45, 2.75) is 25.4 Å². The number of hydrogen-bond acceptors (Lipinski definition) is 6. The maximum absolute atomic E-state index is 13.1. The Kier molecular flexibility index (Phi) is 3.47. The average molecular weight is 342 g/mol. The van der Waals surface area contributed by atoms with Gasteiger partial charge >= 0.3 is 0 Å². The van der Waals surface area contributed by atoms with Gasteiger partial charge in [0.2, 0.25) is 0 Å². The molecule has 6 heteroatoms. The third kappa shape index (κ3) is 2.07. The van der Waals surface area contributed by atoms with E-state index in [2.05, 4.69) is 0 Å². The highest BCUT2D eigenvalue weighted by molar-refractivity contribution is 6.23. The van der Waals surface area contributed by atoms with Gasteiger partial charge in [-0.1, -0.05) is 6.42 Å². The lowest BCUT2D eigenvalue weighted by Gasteiger charge is -2.39. The molecule has 2 aliphatic rings. The van der Waals surface area contributed by atoms with E-state index in [0.29, 0.717) is 12.8 Å². The number of carbonyl (C=O) groups excluding carboxylic acids is 2. The number of carbonyl (C=O) groups is 2. The van der Waals surface area contributed by atoms with E-state index in [9.17, 15) is 24.9 Å². The summed E-state index contributed by atoms with van der Waals surface area (Å²) in [6.45, 7) is 0. The van der Waals surface area contributed by atoms with E-state index in [1.807, 2.05) is 0 Å². The first kappa shape index (κ1) is 15.9. The molecule has 1 fully saturated rings. The number of ketones is 2. The molecule has 6 nitrogen and oxygen atoms in total. The molecule has 3 atom stereocenters. The summed E-state index contributed by atoms with van der Waals surface area (Å²) in [5, 5.41) is 31.3. The van der Waals surface area contributed by atoms with Gasteiger partial charge in [-0.05, 0) is 31.0 Å². The minimum atomic E-state index is -0.640. The fourth-order valence-electron chi connectivity index (χ4n) is 4.34. The molecule has 3 N–H and O–H groups in total. The molecule has 0 bridgehead atoms. The Morgan fingerprint density at radius 3 is 2.36 bits per heavy atom. The van der Waals surface area contributed by atoms with Gasteiger partial charge < -0.3 is 20.1 Å². The van der Waals surface area contributed by atoms with E-state index in [4.69, 9.17) is 4.74 Å². The van der Waals surface area contributed by atoms with Crippen LogP contribution in [0.2, 0.25) is 0 Å². The Bertz CT molecular complexity index is 916. The van der Waals surface area contributed by atoms with E-state index in [1.165, 1.54) is 25.3 Å². The molecule has 0 heterocycles. The maximum Gasteiger partial charge on any atom is 0.173 e. The summed E-state index contributed by atoms with van der Waals surface area (Å²) in [4.78, 5) is 26.1. The van der Waals surface area contributed by atoms with Crippen LogP contribution in [0.4, 0.5) is 0 Å². The third-order valence-corrected chi connectivity index (χ3v) is 5.51. The Balaban J connectivity index is 2.03. The molecule has 0 spiro atoms. The van der Waals surface area contributed by atoms with Crippen LogP contribution in [0.5, 0.6) is 17.2 Å². The largest absolute Gasteiger partial charge is 0.508 e. The first-order valence-electron chi connectivity index (χ1n) is 8.27. The van der Waals surface area contributed by atoms with Crippen LogP contribution in [0.15, 0.2) is 18.2 Å². The van der Waals surface area contributed by atoms with Crippen molar-refractivity contribution in [3.05, 3.63) is 29.3 Å². The Morgan fingerprint density at radius 2 is 1.64 bits per heavy atom. The number of ether oxygens (including phenoxy) is 1. The highest BCUT2D eigenvalue weighted by Gasteiger charge is 2.49. The number of benzene rings is 2. The maximum atomic E-state index is 13.1. The zero-order valence-electron chi connectivity index (χ0n) is 13.7. The quantitative estimate of drug-likeness (QED) is 0.689. The molecule has 3 unspecified atom stereocenters. The molecule has 0 amide bonds. The lowest BCUT2D eigenvalue weighted by molar-refractivity contribution is 0.00187. The van der Waals surface area contributed by atoms with Gasteiger partial charge in [-0.15, -0.1) is 0 Å². The van der Waals surface area contributed by atoms with E-state index in [-0.39, 0.29) is 56.8 Å². The number of rotatable bonds is 1. The van der Waals surface area contributed by atoms with E-state index in [1.54, 1.807) is 0 Å². The van der Waals surface area contributed by atoms with Gasteiger partial charge in [0.1, 0.15) is 17.2 Å². The first-order valence-corrected chi connectivity index (χ1v) is 8.27. The minimum Gasteiger partial charge on any atom is -0.508 e. The summed E-state index contributed by atoms with van der Waals surface area (Å²) in [5.41, 5.74) is -0.274. The number of methoxy groups -OCH3 is 1. The van der Waals surface area contributed by atoms with Crippen molar-refractivity contribution in [2.24, 2.45) is 11.8 Å². The van der Waals surface area contributed by atoms with Crippen LogP contribution in [0.1, 0.15) is 40.0 Å². The predicted octanol–water partition coefficient (Wildman–Crippen LogP) is 2.77. The van der Waals surface area contributed by atoms with Crippen LogP contribution in [0, 0.1) is 11.8 Å². The number of phenols is 3. The summed E-state index contributed by atoms with van der Waals surface area (Å²) in [6.07, 6.45) is 1.61. The molecule has 1 saturated carbocycles. The molecular weight excluding hydrogens is 324 g/mol. The van der Waals surface area contributed by atoms with Gasteiger partial charge in [-0.25, -0.2) is 0 Å². The normalized spacial score (nSPS) is 25.7. The Morgan fingerprint density at radius 1 is 0.960 bits per heavy atom. The molecule has 2 aromatic carbocycles. The highest BCUT2D eigenvalue weighted by Crippen LogP contribution is 2.49. The van der Waals surface area contributed by atoms with Gasteiger partial charge in [-0.2, -0.15) is 0 Å². The molecule has 0 radical (unpaired) electrons. The van der Waals surface area contributed by atoms with Crippen molar-refractivity contribution in [3.63, 3.8) is 0 Å². The number of hydrogen-bond donors (Lipinski definition) is 3. The molecular formula is C19H18O6. The minimum absolute atomic E-state index is 0.105. The summed E-state index contributed by atoms with van der Waals surface area (Å²) in [7, 11) is 1.51. The monoisotopic (exact) mass is 342 g/mol. The predicted molar refractivity (Wildman–Crippen MR) is 89.2 cm³/mol. The van der Waals surface area contributed by atoms with Crippen molar-refractivity contribution >= 4 is 22.3 Å². The third-order valence-electron chi connectivity index (χ3n) is 5.51. The van der Waals surface area contributed by atoms with Gasteiger partial charge in [0.05, 0.1) is 23.1 Å². The molecule has 0 aromatic heterocycles. The fraction of sp³-hybridized carbons (Fsp3) is 0.368. The molecule has 25 heavy (non-hydrogen) atoms. The lowest BCUT2D eigenvalue weighted by atomic mass is 9.65. The van der Waals surface area contributed by atoms with Crippen molar-refractivity contribution in [1.29, 1.82) is 0 Å². The number of phenolic OH excluding ortho intramolecular Hbond substituents is 3. The van der Waals surface area contributed by atoms with Crippen molar-refractivity contribution < 1.29 is 29.6 Å². The van der Waals surface area contributed by atoms with Crippen LogP contribution >= 0.6 is 0 Å². The number of fused-ring (bicyclic) bond motifs is 3. The van der Waals surface area contributed by atoms with E-state index in [0.717, 1.165) is 6.42 Å². The lowest BCUT2D eigenvalue weighted by Crippen LogP contribution is -2.46. The molecule has 0 aliphatic heterocycles. The zero-order valence-corrected chi connectivity index (χ0v) is 13.7. The summed E-state index contributed by atoms with van der Waals surface area (Å²) < 4.78 is 5.42.